The second kappa shape index (κ2) is 7.01. The van der Waals surface area contributed by atoms with Crippen LogP contribution in [0.5, 0.6) is 5.75 Å². The van der Waals surface area contributed by atoms with Crippen LogP contribution in [0.2, 0.25) is 5.02 Å². The number of hydrogen-bond donors (Lipinski definition) is 2. The normalized spacial score (nSPS) is 10.0. The summed E-state index contributed by atoms with van der Waals surface area (Å²) in [5.41, 5.74) is 0.908. The van der Waals surface area contributed by atoms with E-state index in [1.807, 2.05) is 6.07 Å². The van der Waals surface area contributed by atoms with Crippen LogP contribution in [0.25, 0.3) is 0 Å². The van der Waals surface area contributed by atoms with E-state index in [4.69, 9.17) is 21.4 Å². The van der Waals surface area contributed by atoms with Crippen molar-refractivity contribution in [3.8, 4) is 5.75 Å². The Morgan fingerprint density at radius 2 is 2.24 bits per heavy atom. The number of anilines is 1. The number of unbranched alkanes of at least 4 members (excludes halogenated alkanes) is 1. The Bertz CT molecular complexity index is 382. The van der Waals surface area contributed by atoms with Gasteiger partial charge in [-0.15, -0.1) is 0 Å². The Hall–Kier alpha value is -1.42. The molecular formula is C12H16ClNO3. The Labute approximate surface area is 106 Å². The third-order valence-electron chi connectivity index (χ3n) is 2.30. The van der Waals surface area contributed by atoms with Crippen molar-refractivity contribution in [2.75, 3.05) is 19.0 Å². The molecule has 0 heterocycles. The van der Waals surface area contributed by atoms with Crippen molar-refractivity contribution in [1.82, 2.24) is 0 Å². The van der Waals surface area contributed by atoms with Crippen molar-refractivity contribution in [3.05, 3.63) is 23.2 Å². The summed E-state index contributed by atoms with van der Waals surface area (Å²) in [7, 11) is 1.57. The molecule has 1 aromatic rings. The lowest BCUT2D eigenvalue weighted by atomic mass is 10.2. The molecule has 0 aromatic heterocycles. The van der Waals surface area contributed by atoms with Crippen molar-refractivity contribution in [1.29, 1.82) is 0 Å². The zero-order valence-corrected chi connectivity index (χ0v) is 10.5. The number of methoxy groups -OCH3 is 1. The van der Waals surface area contributed by atoms with E-state index in [1.54, 1.807) is 19.2 Å². The van der Waals surface area contributed by atoms with Crippen molar-refractivity contribution in [3.63, 3.8) is 0 Å². The second-order valence-electron chi connectivity index (χ2n) is 3.63. The number of aliphatic carboxylic acids is 1. The van der Waals surface area contributed by atoms with E-state index < -0.39 is 5.97 Å². The van der Waals surface area contributed by atoms with Gasteiger partial charge in [0.1, 0.15) is 5.75 Å². The highest BCUT2D eigenvalue weighted by molar-refractivity contribution is 6.32. The van der Waals surface area contributed by atoms with Crippen molar-refractivity contribution in [2.24, 2.45) is 0 Å². The monoisotopic (exact) mass is 257 g/mol. The Balaban J connectivity index is 2.32. The van der Waals surface area contributed by atoms with Crippen molar-refractivity contribution in [2.45, 2.75) is 19.3 Å². The summed E-state index contributed by atoms with van der Waals surface area (Å²) >= 11 is 5.97. The highest BCUT2D eigenvalue weighted by atomic mass is 35.5. The van der Waals surface area contributed by atoms with Crippen LogP contribution in [-0.4, -0.2) is 24.7 Å². The van der Waals surface area contributed by atoms with E-state index >= 15 is 0 Å². The van der Waals surface area contributed by atoms with Gasteiger partial charge in [0.2, 0.25) is 0 Å². The van der Waals surface area contributed by atoms with Crippen LogP contribution >= 0.6 is 11.6 Å². The molecule has 0 bridgehead atoms. The number of carboxylic acid groups (broad SMARTS) is 1. The predicted molar refractivity (Wildman–Crippen MR) is 68.0 cm³/mol. The van der Waals surface area contributed by atoms with Crippen LogP contribution in [0.1, 0.15) is 19.3 Å². The average Bonchev–Trinajstić information content (AvgIpc) is 2.28. The zero-order chi connectivity index (χ0) is 12.7. The first-order chi connectivity index (χ1) is 8.13. The van der Waals surface area contributed by atoms with Crippen molar-refractivity contribution < 1.29 is 14.6 Å². The van der Waals surface area contributed by atoms with Gasteiger partial charge < -0.3 is 15.2 Å². The lowest BCUT2D eigenvalue weighted by Gasteiger charge is -2.08. The minimum atomic E-state index is -0.752. The largest absolute Gasteiger partial charge is 0.495 e. The molecule has 2 N–H and O–H groups in total. The lowest BCUT2D eigenvalue weighted by Crippen LogP contribution is -2.03. The molecule has 94 valence electrons. The van der Waals surface area contributed by atoms with Gasteiger partial charge in [0.15, 0.2) is 0 Å². The van der Waals surface area contributed by atoms with E-state index in [1.165, 1.54) is 0 Å². The highest BCUT2D eigenvalue weighted by Gasteiger charge is 2.01. The molecule has 0 aliphatic carbocycles. The first-order valence-corrected chi connectivity index (χ1v) is 5.80. The molecular weight excluding hydrogens is 242 g/mol. The molecule has 0 saturated carbocycles. The zero-order valence-electron chi connectivity index (χ0n) is 9.70. The first kappa shape index (κ1) is 13.6. The van der Waals surface area contributed by atoms with Gasteiger partial charge in [0.05, 0.1) is 12.1 Å². The van der Waals surface area contributed by atoms with Gasteiger partial charge in [-0.1, -0.05) is 11.6 Å². The average molecular weight is 258 g/mol. The molecule has 4 nitrogen and oxygen atoms in total. The number of rotatable bonds is 7. The summed E-state index contributed by atoms with van der Waals surface area (Å²) in [5.74, 6) is -0.111. The molecule has 1 rings (SSSR count). The van der Waals surface area contributed by atoms with E-state index in [-0.39, 0.29) is 6.42 Å². The van der Waals surface area contributed by atoms with E-state index in [2.05, 4.69) is 5.32 Å². The summed E-state index contributed by atoms with van der Waals surface area (Å²) in [5, 5.41) is 12.2. The number of benzene rings is 1. The Morgan fingerprint density at radius 1 is 1.47 bits per heavy atom. The van der Waals surface area contributed by atoms with Gasteiger partial charge in [-0.25, -0.2) is 0 Å². The fourth-order valence-electron chi connectivity index (χ4n) is 1.41. The van der Waals surface area contributed by atoms with Crippen LogP contribution < -0.4 is 10.1 Å². The number of carbonyl (C=O) groups is 1. The van der Waals surface area contributed by atoms with Gasteiger partial charge in [-0.3, -0.25) is 4.79 Å². The van der Waals surface area contributed by atoms with E-state index in [9.17, 15) is 4.79 Å². The summed E-state index contributed by atoms with van der Waals surface area (Å²) < 4.78 is 5.04. The van der Waals surface area contributed by atoms with E-state index in [0.29, 0.717) is 17.2 Å². The molecule has 0 amide bonds. The molecule has 0 saturated heterocycles. The molecule has 0 spiro atoms. The van der Waals surface area contributed by atoms with Crippen molar-refractivity contribution >= 4 is 23.3 Å². The number of hydrogen-bond acceptors (Lipinski definition) is 3. The quantitative estimate of drug-likeness (QED) is 0.737. The van der Waals surface area contributed by atoms with E-state index in [0.717, 1.165) is 18.7 Å². The molecule has 0 fully saturated rings. The summed E-state index contributed by atoms with van der Waals surface area (Å²) in [6.07, 6.45) is 1.70. The van der Waals surface area contributed by atoms with Gasteiger partial charge >= 0.3 is 5.97 Å². The molecule has 17 heavy (non-hydrogen) atoms. The minimum absolute atomic E-state index is 0.213. The Morgan fingerprint density at radius 3 is 2.82 bits per heavy atom. The van der Waals surface area contributed by atoms with Crippen LogP contribution in [0.4, 0.5) is 5.69 Å². The number of nitrogens with one attached hydrogen (secondary N) is 1. The number of carboxylic acids is 1. The standard InChI is InChI=1S/C12H16ClNO3/c1-17-11-6-5-9(8-10(11)13)14-7-3-2-4-12(15)16/h5-6,8,14H,2-4,7H2,1H3,(H,15,16). The third-order valence-corrected chi connectivity index (χ3v) is 2.59. The van der Waals surface area contributed by atoms with Gasteiger partial charge in [-0.2, -0.15) is 0 Å². The molecule has 5 heteroatoms. The van der Waals surface area contributed by atoms with Crippen LogP contribution in [0.15, 0.2) is 18.2 Å². The number of ether oxygens (including phenoxy) is 1. The van der Waals surface area contributed by atoms with Crippen LogP contribution in [-0.2, 0) is 4.79 Å². The topological polar surface area (TPSA) is 58.6 Å². The maximum absolute atomic E-state index is 10.3. The van der Waals surface area contributed by atoms with Crippen LogP contribution in [0.3, 0.4) is 0 Å². The predicted octanol–water partition coefficient (Wildman–Crippen LogP) is 3.02. The fourth-order valence-corrected chi connectivity index (χ4v) is 1.67. The SMILES string of the molecule is COc1ccc(NCCCCC(=O)O)cc1Cl. The second-order valence-corrected chi connectivity index (χ2v) is 4.03. The lowest BCUT2D eigenvalue weighted by molar-refractivity contribution is -0.137. The molecule has 0 aliphatic rings. The van der Waals surface area contributed by atoms with Gasteiger partial charge in [0.25, 0.3) is 0 Å². The van der Waals surface area contributed by atoms with Gasteiger partial charge in [-0.05, 0) is 31.0 Å². The summed E-state index contributed by atoms with van der Waals surface area (Å²) in [4.78, 5) is 10.3. The first-order valence-electron chi connectivity index (χ1n) is 5.42. The Kier molecular flexibility index (Phi) is 5.63. The van der Waals surface area contributed by atoms with Gasteiger partial charge in [0, 0.05) is 18.7 Å². The highest BCUT2D eigenvalue weighted by Crippen LogP contribution is 2.27. The summed E-state index contributed by atoms with van der Waals surface area (Å²) in [6, 6.07) is 5.46. The molecule has 1 aromatic carbocycles. The maximum atomic E-state index is 10.3. The molecule has 0 unspecified atom stereocenters. The smallest absolute Gasteiger partial charge is 0.303 e. The maximum Gasteiger partial charge on any atom is 0.303 e. The molecule has 0 aliphatic heterocycles. The fraction of sp³-hybridized carbons (Fsp3) is 0.417. The number of halogens is 1. The molecule has 0 radical (unpaired) electrons. The summed E-state index contributed by atoms with van der Waals surface area (Å²) in [6.45, 7) is 0.732. The third kappa shape index (κ3) is 4.95. The van der Waals surface area contributed by atoms with Crippen LogP contribution in [0, 0.1) is 0 Å². The molecule has 0 atom stereocenters. The minimum Gasteiger partial charge on any atom is -0.495 e.